The monoisotopic (exact) mass is 217 g/mol. The average molecular weight is 217 g/mol. The Hall–Kier alpha value is -1.65. The first-order chi connectivity index (χ1) is 6.93. The van der Waals surface area contributed by atoms with Crippen LogP contribution in [0.15, 0.2) is 30.9 Å². The topological polar surface area (TPSA) is 35.2 Å². The van der Waals surface area contributed by atoms with Crippen molar-refractivity contribution in [1.29, 1.82) is 0 Å². The van der Waals surface area contributed by atoms with E-state index in [1.165, 1.54) is 12.1 Å². The van der Waals surface area contributed by atoms with Crippen LogP contribution in [0.1, 0.15) is 5.56 Å². The summed E-state index contributed by atoms with van der Waals surface area (Å²) in [7, 11) is 0. The molecule has 0 saturated carbocycles. The van der Waals surface area contributed by atoms with E-state index in [2.05, 4.69) is 6.58 Å². The van der Waals surface area contributed by atoms with Crippen LogP contribution in [0, 0.1) is 0 Å². The molecule has 5 heteroatoms. The molecule has 1 aromatic carbocycles. The third-order valence-corrected chi connectivity index (χ3v) is 1.62. The molecule has 2 nitrogen and oxygen atoms in total. The Labute approximate surface area is 85.2 Å². The van der Waals surface area contributed by atoms with Crippen molar-refractivity contribution in [3.05, 3.63) is 36.4 Å². The molecule has 0 fully saturated rings. The van der Waals surface area contributed by atoms with E-state index >= 15 is 0 Å². The van der Waals surface area contributed by atoms with Gasteiger partial charge in [0.25, 0.3) is 0 Å². The van der Waals surface area contributed by atoms with Crippen molar-refractivity contribution in [2.45, 2.75) is 6.18 Å². The highest BCUT2D eigenvalue weighted by atomic mass is 19.4. The molecule has 0 atom stereocenters. The Morgan fingerprint density at radius 2 is 2.00 bits per heavy atom. The number of hydrogen-bond acceptors (Lipinski definition) is 2. The number of halogens is 3. The van der Waals surface area contributed by atoms with E-state index in [0.717, 1.165) is 12.1 Å². The maximum atomic E-state index is 12.3. The third-order valence-electron chi connectivity index (χ3n) is 1.62. The van der Waals surface area contributed by atoms with Gasteiger partial charge in [0.2, 0.25) is 0 Å². The van der Waals surface area contributed by atoms with Gasteiger partial charge in [-0.1, -0.05) is 12.7 Å². The molecular formula is C10H10F3NO. The van der Waals surface area contributed by atoms with Gasteiger partial charge < -0.3 is 10.5 Å². The van der Waals surface area contributed by atoms with E-state index in [9.17, 15) is 13.2 Å². The highest BCUT2D eigenvalue weighted by molar-refractivity contribution is 5.48. The molecule has 2 N–H and O–H groups in total. The fourth-order valence-corrected chi connectivity index (χ4v) is 1.02. The molecule has 0 aliphatic carbocycles. The molecule has 0 aromatic heterocycles. The van der Waals surface area contributed by atoms with Gasteiger partial charge in [0.15, 0.2) is 0 Å². The number of benzene rings is 1. The summed E-state index contributed by atoms with van der Waals surface area (Å²) in [5, 5.41) is 0. The lowest BCUT2D eigenvalue weighted by atomic mass is 10.2. The summed E-state index contributed by atoms with van der Waals surface area (Å²) in [6.45, 7) is 3.53. The van der Waals surface area contributed by atoms with Crippen molar-refractivity contribution >= 4 is 5.69 Å². The Morgan fingerprint density at radius 3 is 2.53 bits per heavy atom. The van der Waals surface area contributed by atoms with E-state index in [4.69, 9.17) is 10.5 Å². The maximum Gasteiger partial charge on any atom is 0.416 e. The van der Waals surface area contributed by atoms with E-state index in [1.54, 1.807) is 0 Å². The first kappa shape index (κ1) is 11.4. The van der Waals surface area contributed by atoms with Gasteiger partial charge in [-0.05, 0) is 12.1 Å². The predicted octanol–water partition coefficient (Wildman–Crippen LogP) is 2.85. The smallest absolute Gasteiger partial charge is 0.416 e. The molecule has 0 heterocycles. The van der Waals surface area contributed by atoms with Crippen molar-refractivity contribution in [2.24, 2.45) is 0 Å². The van der Waals surface area contributed by atoms with Crippen molar-refractivity contribution in [2.75, 3.05) is 12.3 Å². The van der Waals surface area contributed by atoms with Crippen LogP contribution in [0.5, 0.6) is 5.75 Å². The molecule has 1 aromatic rings. The van der Waals surface area contributed by atoms with Crippen molar-refractivity contribution < 1.29 is 17.9 Å². The second kappa shape index (κ2) is 4.25. The lowest BCUT2D eigenvalue weighted by Gasteiger charge is -2.10. The van der Waals surface area contributed by atoms with Crippen LogP contribution >= 0.6 is 0 Å². The van der Waals surface area contributed by atoms with Crippen LogP contribution < -0.4 is 10.5 Å². The number of nitrogens with two attached hydrogens (primary N) is 1. The Morgan fingerprint density at radius 1 is 1.33 bits per heavy atom. The zero-order valence-corrected chi connectivity index (χ0v) is 7.84. The maximum absolute atomic E-state index is 12.3. The fourth-order valence-electron chi connectivity index (χ4n) is 1.02. The molecule has 82 valence electrons. The molecular weight excluding hydrogens is 207 g/mol. The zero-order valence-electron chi connectivity index (χ0n) is 7.84. The second-order valence-electron chi connectivity index (χ2n) is 2.89. The van der Waals surface area contributed by atoms with E-state index in [-0.39, 0.29) is 18.0 Å². The highest BCUT2D eigenvalue weighted by Gasteiger charge is 2.31. The highest BCUT2D eigenvalue weighted by Crippen LogP contribution is 2.33. The van der Waals surface area contributed by atoms with Gasteiger partial charge in [-0.25, -0.2) is 0 Å². The minimum absolute atomic E-state index is 0.0175. The number of ether oxygens (including phenoxy) is 1. The number of nitrogen functional groups attached to an aromatic ring is 1. The Bertz CT molecular complexity index is 360. The van der Waals surface area contributed by atoms with Gasteiger partial charge in [0.1, 0.15) is 12.4 Å². The van der Waals surface area contributed by atoms with E-state index in [0.29, 0.717) is 0 Å². The minimum atomic E-state index is -4.42. The van der Waals surface area contributed by atoms with Crippen molar-refractivity contribution in [3.8, 4) is 5.75 Å². The average Bonchev–Trinajstić information content (AvgIpc) is 2.12. The van der Waals surface area contributed by atoms with Crippen LogP contribution in [-0.2, 0) is 6.18 Å². The standard InChI is InChI=1S/C10H10F3NO/c1-2-3-15-9-5-7(10(11,12)13)4-8(14)6-9/h2,4-6H,1,3,14H2. The molecule has 0 unspecified atom stereocenters. The molecule has 15 heavy (non-hydrogen) atoms. The number of hydrogen-bond donors (Lipinski definition) is 1. The van der Waals surface area contributed by atoms with Crippen LogP contribution in [0.4, 0.5) is 18.9 Å². The summed E-state index contributed by atoms with van der Waals surface area (Å²) < 4.78 is 42.0. The summed E-state index contributed by atoms with van der Waals surface area (Å²) in [6, 6.07) is 3.10. The second-order valence-corrected chi connectivity index (χ2v) is 2.89. The molecule has 0 amide bonds. The first-order valence-electron chi connectivity index (χ1n) is 4.15. The number of alkyl halides is 3. The van der Waals surface area contributed by atoms with Gasteiger partial charge in [0, 0.05) is 11.8 Å². The molecule has 1 rings (SSSR count). The van der Waals surface area contributed by atoms with Gasteiger partial charge >= 0.3 is 6.18 Å². The summed E-state index contributed by atoms with van der Waals surface area (Å²) in [4.78, 5) is 0. The largest absolute Gasteiger partial charge is 0.489 e. The van der Waals surface area contributed by atoms with Gasteiger partial charge in [-0.2, -0.15) is 13.2 Å². The Balaban J connectivity index is 3.00. The molecule has 0 radical (unpaired) electrons. The van der Waals surface area contributed by atoms with Gasteiger partial charge in [-0.15, -0.1) is 0 Å². The first-order valence-corrected chi connectivity index (χ1v) is 4.15. The van der Waals surface area contributed by atoms with Crippen LogP contribution in [0.25, 0.3) is 0 Å². The van der Waals surface area contributed by atoms with Crippen molar-refractivity contribution in [1.82, 2.24) is 0 Å². The molecule has 0 aliphatic rings. The lowest BCUT2D eigenvalue weighted by molar-refractivity contribution is -0.137. The zero-order chi connectivity index (χ0) is 11.5. The van der Waals surface area contributed by atoms with E-state index in [1.807, 2.05) is 0 Å². The number of rotatable bonds is 3. The summed E-state index contributed by atoms with van der Waals surface area (Å²) in [5.74, 6) is 0.0854. The molecule has 0 spiro atoms. The van der Waals surface area contributed by atoms with Crippen molar-refractivity contribution in [3.63, 3.8) is 0 Å². The molecule has 0 saturated heterocycles. The van der Waals surface area contributed by atoms with Crippen LogP contribution in [-0.4, -0.2) is 6.61 Å². The fraction of sp³-hybridized carbons (Fsp3) is 0.200. The summed E-state index contributed by atoms with van der Waals surface area (Å²) in [6.07, 6.45) is -2.97. The molecule has 0 aliphatic heterocycles. The van der Waals surface area contributed by atoms with Crippen LogP contribution in [0.2, 0.25) is 0 Å². The van der Waals surface area contributed by atoms with E-state index < -0.39 is 11.7 Å². The molecule has 0 bridgehead atoms. The minimum Gasteiger partial charge on any atom is -0.489 e. The van der Waals surface area contributed by atoms with Crippen LogP contribution in [0.3, 0.4) is 0 Å². The van der Waals surface area contributed by atoms with Gasteiger partial charge in [0.05, 0.1) is 5.56 Å². The quantitative estimate of drug-likeness (QED) is 0.624. The summed E-state index contributed by atoms with van der Waals surface area (Å²) in [5.41, 5.74) is 4.52. The van der Waals surface area contributed by atoms with Gasteiger partial charge in [-0.3, -0.25) is 0 Å². The number of anilines is 1. The third kappa shape index (κ3) is 3.19. The Kier molecular flexibility index (Phi) is 3.24. The summed E-state index contributed by atoms with van der Waals surface area (Å²) >= 11 is 0. The SMILES string of the molecule is C=CCOc1cc(N)cc(C(F)(F)F)c1. The predicted molar refractivity (Wildman–Crippen MR) is 51.5 cm³/mol. The normalized spacial score (nSPS) is 11.1. The lowest BCUT2D eigenvalue weighted by Crippen LogP contribution is -2.06.